The third-order valence-corrected chi connectivity index (χ3v) is 4.31. The lowest BCUT2D eigenvalue weighted by Gasteiger charge is -2.14. The molecule has 1 aliphatic carbocycles. The number of benzene rings is 1. The average molecular weight is 358 g/mol. The minimum atomic E-state index is -0.160. The molecule has 1 aromatic carbocycles. The van der Waals surface area contributed by atoms with E-state index in [0.29, 0.717) is 0 Å². The SMILES string of the molecule is CC.CC.CC1CCc2c(F)cccc2N=C1C1=CC=C(CO)C=CC1. The molecule has 2 aliphatic rings. The topological polar surface area (TPSA) is 32.6 Å². The number of aliphatic imine (C=N–C) groups is 1. The van der Waals surface area contributed by atoms with E-state index in [1.165, 1.54) is 6.07 Å². The molecular weight excluding hydrogens is 325 g/mol. The molecule has 1 heterocycles. The maximum absolute atomic E-state index is 14.0. The minimum Gasteiger partial charge on any atom is -0.392 e. The van der Waals surface area contributed by atoms with Gasteiger partial charge in [0.25, 0.3) is 0 Å². The Labute approximate surface area is 157 Å². The summed E-state index contributed by atoms with van der Waals surface area (Å²) in [6.45, 7) is 10.2. The zero-order valence-corrected chi connectivity index (χ0v) is 16.7. The van der Waals surface area contributed by atoms with Crippen molar-refractivity contribution >= 4 is 11.4 Å². The van der Waals surface area contributed by atoms with Crippen LogP contribution in [0.2, 0.25) is 0 Å². The lowest BCUT2D eigenvalue weighted by Crippen LogP contribution is -2.13. The summed E-state index contributed by atoms with van der Waals surface area (Å²) >= 11 is 0. The van der Waals surface area contributed by atoms with Crippen molar-refractivity contribution in [1.29, 1.82) is 0 Å². The minimum absolute atomic E-state index is 0.0381. The fourth-order valence-electron chi connectivity index (χ4n) is 2.99. The van der Waals surface area contributed by atoms with Gasteiger partial charge in [-0.3, -0.25) is 4.99 Å². The van der Waals surface area contributed by atoms with Gasteiger partial charge in [-0.25, -0.2) is 4.39 Å². The van der Waals surface area contributed by atoms with Crippen molar-refractivity contribution in [2.24, 2.45) is 10.9 Å². The molecule has 26 heavy (non-hydrogen) atoms. The molecule has 0 spiro atoms. The molecule has 1 aromatic rings. The average Bonchev–Trinajstić information content (AvgIpc) is 3.02. The van der Waals surface area contributed by atoms with E-state index in [9.17, 15) is 9.50 Å². The number of hydrogen-bond donors (Lipinski definition) is 1. The summed E-state index contributed by atoms with van der Waals surface area (Å²) in [5.74, 6) is 0.127. The Morgan fingerprint density at radius 3 is 2.58 bits per heavy atom. The number of rotatable bonds is 2. The van der Waals surface area contributed by atoms with Crippen LogP contribution in [0.1, 0.15) is 53.0 Å². The van der Waals surface area contributed by atoms with Gasteiger partial charge in [0, 0.05) is 11.3 Å². The molecule has 1 aliphatic heterocycles. The highest BCUT2D eigenvalue weighted by Crippen LogP contribution is 2.32. The second-order valence-corrected chi connectivity index (χ2v) is 5.87. The zero-order valence-electron chi connectivity index (χ0n) is 16.7. The molecule has 2 nitrogen and oxygen atoms in total. The summed E-state index contributed by atoms with van der Waals surface area (Å²) in [6, 6.07) is 5.11. The highest BCUT2D eigenvalue weighted by atomic mass is 19.1. The molecule has 0 saturated heterocycles. The van der Waals surface area contributed by atoms with Gasteiger partial charge in [0.1, 0.15) is 5.82 Å². The van der Waals surface area contributed by atoms with Crippen LogP contribution in [0.3, 0.4) is 0 Å². The Morgan fingerprint density at radius 2 is 1.88 bits per heavy atom. The van der Waals surface area contributed by atoms with Crippen LogP contribution >= 0.6 is 0 Å². The summed E-state index contributed by atoms with van der Waals surface area (Å²) < 4.78 is 14.0. The largest absolute Gasteiger partial charge is 0.392 e. The maximum atomic E-state index is 14.0. The Hall–Kier alpha value is -2.00. The lowest BCUT2D eigenvalue weighted by molar-refractivity contribution is 0.335. The van der Waals surface area contributed by atoms with Crippen molar-refractivity contribution in [2.45, 2.75) is 53.9 Å². The fourth-order valence-corrected chi connectivity index (χ4v) is 2.99. The Bertz CT molecular complexity index is 698. The van der Waals surface area contributed by atoms with E-state index in [0.717, 1.165) is 47.4 Å². The molecule has 142 valence electrons. The van der Waals surface area contributed by atoms with Gasteiger partial charge in [-0.2, -0.15) is 0 Å². The van der Waals surface area contributed by atoms with Crippen LogP contribution in [0.25, 0.3) is 0 Å². The first-order chi connectivity index (χ1) is 12.7. The van der Waals surface area contributed by atoms with Crippen LogP contribution < -0.4 is 0 Å². The highest BCUT2D eigenvalue weighted by Gasteiger charge is 2.21. The van der Waals surface area contributed by atoms with Gasteiger partial charge in [-0.1, -0.05) is 65.0 Å². The smallest absolute Gasteiger partial charge is 0.128 e. The number of nitrogens with zero attached hydrogens (tertiary/aromatic N) is 1. The van der Waals surface area contributed by atoms with E-state index in [4.69, 9.17) is 4.99 Å². The number of aliphatic hydroxyl groups is 1. The number of fused-ring (bicyclic) bond motifs is 1. The molecule has 0 aromatic heterocycles. The summed E-state index contributed by atoms with van der Waals surface area (Å²) in [6.07, 6.45) is 10.4. The van der Waals surface area contributed by atoms with E-state index in [2.05, 4.69) is 6.92 Å². The molecule has 1 atom stereocenters. The van der Waals surface area contributed by atoms with E-state index in [1.807, 2.05) is 58.1 Å². The zero-order chi connectivity index (χ0) is 19.5. The quantitative estimate of drug-likeness (QED) is 0.658. The lowest BCUT2D eigenvalue weighted by atomic mass is 9.92. The van der Waals surface area contributed by atoms with Crippen LogP contribution in [0.15, 0.2) is 58.6 Å². The maximum Gasteiger partial charge on any atom is 0.128 e. The molecule has 0 fully saturated rings. The highest BCUT2D eigenvalue weighted by molar-refractivity contribution is 6.04. The van der Waals surface area contributed by atoms with Crippen molar-refractivity contribution < 1.29 is 9.50 Å². The molecule has 0 amide bonds. The van der Waals surface area contributed by atoms with Crippen LogP contribution in [0.4, 0.5) is 10.1 Å². The number of aliphatic hydroxyl groups excluding tert-OH is 1. The normalized spacial score (nSPS) is 18.4. The van der Waals surface area contributed by atoms with Gasteiger partial charge in [0.15, 0.2) is 0 Å². The summed E-state index contributed by atoms with van der Waals surface area (Å²) in [5.41, 5.74) is 4.54. The van der Waals surface area contributed by atoms with Gasteiger partial charge in [0.2, 0.25) is 0 Å². The van der Waals surface area contributed by atoms with Crippen molar-refractivity contribution in [1.82, 2.24) is 0 Å². The van der Waals surface area contributed by atoms with Crippen molar-refractivity contribution in [3.05, 3.63) is 65.0 Å². The number of allylic oxidation sites excluding steroid dienone is 4. The monoisotopic (exact) mass is 357 g/mol. The van der Waals surface area contributed by atoms with E-state index >= 15 is 0 Å². The van der Waals surface area contributed by atoms with E-state index in [1.54, 1.807) is 6.07 Å². The first kappa shape index (κ1) is 22.0. The molecule has 0 saturated carbocycles. The molecule has 0 radical (unpaired) electrons. The molecule has 3 rings (SSSR count). The second kappa shape index (κ2) is 11.6. The number of halogens is 1. The van der Waals surface area contributed by atoms with Crippen molar-refractivity contribution in [3.8, 4) is 0 Å². The second-order valence-electron chi connectivity index (χ2n) is 5.87. The summed E-state index contributed by atoms with van der Waals surface area (Å²) in [4.78, 5) is 4.78. The van der Waals surface area contributed by atoms with Crippen molar-refractivity contribution in [3.63, 3.8) is 0 Å². The Morgan fingerprint density at radius 1 is 1.15 bits per heavy atom. The predicted molar refractivity (Wildman–Crippen MR) is 111 cm³/mol. The van der Waals surface area contributed by atoms with Crippen LogP contribution in [-0.2, 0) is 6.42 Å². The van der Waals surface area contributed by atoms with E-state index in [-0.39, 0.29) is 18.3 Å². The van der Waals surface area contributed by atoms with Crippen molar-refractivity contribution in [2.75, 3.05) is 6.61 Å². The first-order valence-corrected chi connectivity index (χ1v) is 9.72. The fraction of sp³-hybridized carbons (Fsp3) is 0.435. The van der Waals surface area contributed by atoms with Gasteiger partial charge < -0.3 is 5.11 Å². The predicted octanol–water partition coefficient (Wildman–Crippen LogP) is 6.34. The summed E-state index contributed by atoms with van der Waals surface area (Å²) in [7, 11) is 0. The number of hydrogen-bond acceptors (Lipinski definition) is 2. The summed E-state index contributed by atoms with van der Waals surface area (Å²) in [5, 5.41) is 9.25. The standard InChI is InChI=1S/C19H20FNO.2C2H6/c1-13-8-11-16-17(20)6-3-7-18(16)21-19(13)15-5-2-4-14(12-22)9-10-15;2*1-2/h2-4,6-7,9-10,13,22H,5,8,11-12H2,1H3;2*1-2H3. The van der Waals surface area contributed by atoms with Gasteiger partial charge in [-0.15, -0.1) is 0 Å². The van der Waals surface area contributed by atoms with Crippen LogP contribution in [0.5, 0.6) is 0 Å². The first-order valence-electron chi connectivity index (χ1n) is 9.72. The van der Waals surface area contributed by atoms with Crippen LogP contribution in [0, 0.1) is 11.7 Å². The van der Waals surface area contributed by atoms with Gasteiger partial charge >= 0.3 is 0 Å². The molecule has 1 N–H and O–H groups in total. The Balaban J connectivity index is 0.000000791. The third-order valence-electron chi connectivity index (χ3n) is 4.31. The molecule has 1 unspecified atom stereocenters. The Kier molecular flexibility index (Phi) is 9.82. The molecule has 3 heteroatoms. The van der Waals surface area contributed by atoms with Crippen LogP contribution in [-0.4, -0.2) is 17.4 Å². The third kappa shape index (κ3) is 5.50. The van der Waals surface area contributed by atoms with Gasteiger partial charge in [-0.05, 0) is 48.5 Å². The molecule has 0 bridgehead atoms. The molecular formula is C23H32FNO. The van der Waals surface area contributed by atoms with E-state index < -0.39 is 0 Å². The van der Waals surface area contributed by atoms with Gasteiger partial charge in [0.05, 0.1) is 12.3 Å².